The van der Waals surface area contributed by atoms with Gasteiger partial charge in [0.15, 0.2) is 5.82 Å². The molecular weight excluding hydrogens is 470 g/mol. The summed E-state index contributed by atoms with van der Waals surface area (Å²) < 4.78 is 2.66. The summed E-state index contributed by atoms with van der Waals surface area (Å²) >= 11 is 3.54. The molecule has 1 aromatic carbocycles. The monoisotopic (exact) mass is 487 g/mol. The average Bonchev–Trinajstić information content (AvgIpc) is 3.23. The minimum atomic E-state index is -0.469. The number of halogens is 1. The molecule has 1 atom stereocenters. The molecule has 9 heteroatoms. The van der Waals surface area contributed by atoms with Crippen molar-refractivity contribution in [3.05, 3.63) is 94.6 Å². The maximum Gasteiger partial charge on any atom is 0.255 e. The van der Waals surface area contributed by atoms with Crippen molar-refractivity contribution >= 4 is 33.5 Å². The fourth-order valence-electron chi connectivity index (χ4n) is 3.69. The molecule has 1 amide bonds. The zero-order valence-corrected chi connectivity index (χ0v) is 18.6. The number of carbonyl (C=O) groups excluding carboxylic acids is 1. The molecule has 0 saturated heterocycles. The van der Waals surface area contributed by atoms with Crippen LogP contribution in [0, 0.1) is 0 Å². The normalized spacial score (nSPS) is 15.1. The molecule has 158 valence electrons. The second-order valence-corrected chi connectivity index (χ2v) is 8.17. The Morgan fingerprint density at radius 1 is 1.09 bits per heavy atom. The molecule has 0 fully saturated rings. The summed E-state index contributed by atoms with van der Waals surface area (Å²) in [4.78, 5) is 26.2. The van der Waals surface area contributed by atoms with Crippen molar-refractivity contribution in [1.29, 1.82) is 0 Å². The summed E-state index contributed by atoms with van der Waals surface area (Å²) in [7, 11) is 0. The van der Waals surface area contributed by atoms with Gasteiger partial charge < -0.3 is 10.6 Å². The van der Waals surface area contributed by atoms with E-state index in [-0.39, 0.29) is 5.91 Å². The van der Waals surface area contributed by atoms with Crippen LogP contribution in [0.15, 0.2) is 89.1 Å². The standard InChI is InChI=1S/C23H18BrN7O/c1-14-19(22(32)28-18-6-3-9-26-13-18)20(16-4-2-5-17(24)12-16)31-23(27-14)29-21(30-31)15-7-10-25-11-8-15/h2-13,20H,1H3,(H,28,32)(H,27,29,30). The second-order valence-electron chi connectivity index (χ2n) is 7.26. The number of anilines is 2. The molecule has 1 unspecified atom stereocenters. The van der Waals surface area contributed by atoms with Gasteiger partial charge in [0.25, 0.3) is 5.91 Å². The van der Waals surface area contributed by atoms with E-state index in [4.69, 9.17) is 5.10 Å². The Hall–Kier alpha value is -3.85. The fourth-order valence-corrected chi connectivity index (χ4v) is 4.11. The number of aromatic nitrogens is 5. The lowest BCUT2D eigenvalue weighted by molar-refractivity contribution is -0.113. The average molecular weight is 488 g/mol. The maximum absolute atomic E-state index is 13.4. The Balaban J connectivity index is 1.62. The van der Waals surface area contributed by atoms with Gasteiger partial charge in [-0.1, -0.05) is 28.1 Å². The van der Waals surface area contributed by atoms with Crippen molar-refractivity contribution in [2.24, 2.45) is 0 Å². The minimum Gasteiger partial charge on any atom is -0.328 e. The predicted molar refractivity (Wildman–Crippen MR) is 125 cm³/mol. The number of carbonyl (C=O) groups is 1. The smallest absolute Gasteiger partial charge is 0.255 e. The van der Waals surface area contributed by atoms with Crippen molar-refractivity contribution in [2.45, 2.75) is 13.0 Å². The molecule has 0 aliphatic carbocycles. The number of fused-ring (bicyclic) bond motifs is 1. The zero-order chi connectivity index (χ0) is 22.1. The van der Waals surface area contributed by atoms with E-state index >= 15 is 0 Å². The van der Waals surface area contributed by atoms with Gasteiger partial charge in [-0.05, 0) is 48.9 Å². The van der Waals surface area contributed by atoms with E-state index < -0.39 is 6.04 Å². The lowest BCUT2D eigenvalue weighted by Crippen LogP contribution is -2.31. The molecule has 0 spiro atoms. The number of pyridine rings is 2. The number of hydrogen-bond donors (Lipinski definition) is 2. The van der Waals surface area contributed by atoms with Gasteiger partial charge >= 0.3 is 0 Å². The Kier molecular flexibility index (Phi) is 5.24. The third kappa shape index (κ3) is 3.78. The van der Waals surface area contributed by atoms with Crippen LogP contribution < -0.4 is 10.6 Å². The van der Waals surface area contributed by atoms with Gasteiger partial charge in [-0.3, -0.25) is 14.8 Å². The Bertz CT molecular complexity index is 1320. The molecule has 2 N–H and O–H groups in total. The zero-order valence-electron chi connectivity index (χ0n) is 17.0. The van der Waals surface area contributed by atoms with Gasteiger partial charge in [0.1, 0.15) is 6.04 Å². The van der Waals surface area contributed by atoms with Gasteiger partial charge in [0, 0.05) is 34.3 Å². The molecule has 0 bridgehead atoms. The van der Waals surface area contributed by atoms with E-state index in [9.17, 15) is 4.79 Å². The van der Waals surface area contributed by atoms with Crippen LogP contribution in [-0.2, 0) is 4.79 Å². The Morgan fingerprint density at radius 2 is 1.94 bits per heavy atom. The van der Waals surface area contributed by atoms with Crippen LogP contribution in [-0.4, -0.2) is 30.6 Å². The molecular formula is C23H18BrN7O. The van der Waals surface area contributed by atoms with Crippen molar-refractivity contribution in [2.75, 3.05) is 10.6 Å². The molecule has 5 rings (SSSR count). The number of benzene rings is 1. The third-order valence-corrected chi connectivity index (χ3v) is 5.61. The highest BCUT2D eigenvalue weighted by atomic mass is 79.9. The van der Waals surface area contributed by atoms with E-state index in [1.54, 1.807) is 41.6 Å². The molecule has 8 nitrogen and oxygen atoms in total. The Morgan fingerprint density at radius 3 is 2.69 bits per heavy atom. The summed E-state index contributed by atoms with van der Waals surface area (Å²) in [6.45, 7) is 1.87. The summed E-state index contributed by atoms with van der Waals surface area (Å²) in [5.41, 5.74) is 3.62. The SMILES string of the molecule is CC1=C(C(=O)Nc2cccnc2)C(c2cccc(Br)c2)n2nc(-c3ccncc3)nc2N1. The lowest BCUT2D eigenvalue weighted by atomic mass is 9.95. The number of rotatable bonds is 4. The van der Waals surface area contributed by atoms with Gasteiger partial charge in [-0.2, -0.15) is 4.98 Å². The van der Waals surface area contributed by atoms with E-state index in [0.29, 0.717) is 28.7 Å². The van der Waals surface area contributed by atoms with Crippen molar-refractivity contribution in [1.82, 2.24) is 24.7 Å². The second kappa shape index (κ2) is 8.35. The summed E-state index contributed by atoms with van der Waals surface area (Å²) in [5.74, 6) is 0.883. The molecule has 4 aromatic rings. The van der Waals surface area contributed by atoms with Crippen LogP contribution in [0.1, 0.15) is 18.5 Å². The predicted octanol–water partition coefficient (Wildman–Crippen LogP) is 4.43. The van der Waals surface area contributed by atoms with Crippen molar-refractivity contribution in [3.8, 4) is 11.4 Å². The number of allylic oxidation sites excluding steroid dienone is 1. The quantitative estimate of drug-likeness (QED) is 0.441. The number of hydrogen-bond acceptors (Lipinski definition) is 6. The van der Waals surface area contributed by atoms with Crippen LogP contribution in [0.5, 0.6) is 0 Å². The molecule has 1 aliphatic heterocycles. The van der Waals surface area contributed by atoms with Crippen LogP contribution in [0.25, 0.3) is 11.4 Å². The van der Waals surface area contributed by atoms with Crippen molar-refractivity contribution in [3.63, 3.8) is 0 Å². The van der Waals surface area contributed by atoms with Gasteiger partial charge in [0.05, 0.1) is 17.5 Å². The first kappa shape index (κ1) is 20.1. The molecule has 0 saturated carbocycles. The summed E-state index contributed by atoms with van der Waals surface area (Å²) in [6, 6.07) is 14.7. The first-order valence-electron chi connectivity index (χ1n) is 9.92. The van der Waals surface area contributed by atoms with Crippen LogP contribution in [0.2, 0.25) is 0 Å². The number of nitrogens with one attached hydrogen (secondary N) is 2. The largest absolute Gasteiger partial charge is 0.328 e. The summed E-state index contributed by atoms with van der Waals surface area (Å²) in [5, 5.41) is 10.9. The maximum atomic E-state index is 13.4. The highest BCUT2D eigenvalue weighted by molar-refractivity contribution is 9.10. The Labute approximate surface area is 192 Å². The topological polar surface area (TPSA) is 97.6 Å². The first-order valence-corrected chi connectivity index (χ1v) is 10.7. The molecule has 0 radical (unpaired) electrons. The molecule has 1 aliphatic rings. The molecule has 3 aromatic heterocycles. The van der Waals surface area contributed by atoms with E-state index in [1.807, 2.05) is 43.3 Å². The van der Waals surface area contributed by atoms with Crippen LogP contribution in [0.3, 0.4) is 0 Å². The molecule has 4 heterocycles. The van der Waals surface area contributed by atoms with Gasteiger partial charge in [-0.15, -0.1) is 5.10 Å². The fraction of sp³-hybridized carbons (Fsp3) is 0.0870. The number of nitrogens with zero attached hydrogens (tertiary/aromatic N) is 5. The van der Waals surface area contributed by atoms with Crippen molar-refractivity contribution < 1.29 is 4.79 Å². The highest BCUT2D eigenvalue weighted by Crippen LogP contribution is 2.37. The van der Waals surface area contributed by atoms with Gasteiger partial charge in [-0.25, -0.2) is 4.68 Å². The lowest BCUT2D eigenvalue weighted by Gasteiger charge is -2.28. The van der Waals surface area contributed by atoms with Gasteiger partial charge in [0.2, 0.25) is 5.95 Å². The summed E-state index contributed by atoms with van der Waals surface area (Å²) in [6.07, 6.45) is 6.67. The highest BCUT2D eigenvalue weighted by Gasteiger charge is 2.34. The first-order chi connectivity index (χ1) is 15.6. The van der Waals surface area contributed by atoms with Crippen LogP contribution in [0.4, 0.5) is 11.6 Å². The van der Waals surface area contributed by atoms with E-state index in [2.05, 4.69) is 41.5 Å². The minimum absolute atomic E-state index is 0.236. The molecule has 32 heavy (non-hydrogen) atoms. The van der Waals surface area contributed by atoms with E-state index in [1.165, 1.54) is 0 Å². The number of amides is 1. The van der Waals surface area contributed by atoms with Crippen LogP contribution >= 0.6 is 15.9 Å². The third-order valence-electron chi connectivity index (χ3n) is 5.12. The van der Waals surface area contributed by atoms with E-state index in [0.717, 1.165) is 15.6 Å².